The molecular formula is C19H28N2O2. The Bertz CT molecular complexity index is 560. The first-order valence-corrected chi connectivity index (χ1v) is 8.63. The third kappa shape index (κ3) is 4.57. The summed E-state index contributed by atoms with van der Waals surface area (Å²) in [7, 11) is 0. The molecule has 0 spiro atoms. The number of amides is 2. The van der Waals surface area contributed by atoms with E-state index >= 15 is 0 Å². The van der Waals surface area contributed by atoms with Crippen LogP contribution in [-0.4, -0.2) is 36.3 Å². The van der Waals surface area contributed by atoms with Gasteiger partial charge in [-0.05, 0) is 43.9 Å². The summed E-state index contributed by atoms with van der Waals surface area (Å²) in [5.74, 6) is 0.158. The Morgan fingerprint density at radius 1 is 1.09 bits per heavy atom. The molecule has 23 heavy (non-hydrogen) atoms. The van der Waals surface area contributed by atoms with E-state index in [0.29, 0.717) is 13.0 Å². The minimum absolute atomic E-state index is 0.0117. The summed E-state index contributed by atoms with van der Waals surface area (Å²) in [6.45, 7) is 7.81. The fourth-order valence-electron chi connectivity index (χ4n) is 3.16. The maximum absolute atomic E-state index is 12.4. The van der Waals surface area contributed by atoms with Crippen molar-refractivity contribution in [1.29, 1.82) is 0 Å². The van der Waals surface area contributed by atoms with Crippen molar-refractivity contribution in [2.24, 2.45) is 0 Å². The van der Waals surface area contributed by atoms with Crippen molar-refractivity contribution >= 4 is 17.5 Å². The van der Waals surface area contributed by atoms with Gasteiger partial charge in [0.25, 0.3) is 0 Å². The maximum atomic E-state index is 12.4. The number of hydrogen-bond acceptors (Lipinski definition) is 2. The lowest BCUT2D eigenvalue weighted by Gasteiger charge is -2.26. The fraction of sp³-hybridized carbons (Fsp3) is 0.579. The number of nitrogens with zero attached hydrogens (tertiary/aromatic N) is 2. The fourth-order valence-corrected chi connectivity index (χ4v) is 3.16. The summed E-state index contributed by atoms with van der Waals surface area (Å²) < 4.78 is 0. The molecule has 0 unspecified atom stereocenters. The quantitative estimate of drug-likeness (QED) is 0.853. The van der Waals surface area contributed by atoms with Crippen molar-refractivity contribution in [2.75, 3.05) is 24.5 Å². The highest BCUT2D eigenvalue weighted by atomic mass is 16.2. The lowest BCUT2D eigenvalue weighted by molar-refractivity contribution is -0.131. The van der Waals surface area contributed by atoms with Gasteiger partial charge in [0, 0.05) is 38.7 Å². The van der Waals surface area contributed by atoms with Gasteiger partial charge in [-0.1, -0.05) is 25.0 Å². The van der Waals surface area contributed by atoms with Gasteiger partial charge >= 0.3 is 0 Å². The smallest absolute Gasteiger partial charge is 0.224 e. The molecule has 0 bridgehead atoms. The Morgan fingerprint density at radius 3 is 2.35 bits per heavy atom. The molecule has 1 saturated heterocycles. The normalized spacial score (nSPS) is 15.2. The third-order valence-corrected chi connectivity index (χ3v) is 4.75. The molecule has 0 radical (unpaired) electrons. The Balaban J connectivity index is 2.04. The summed E-state index contributed by atoms with van der Waals surface area (Å²) in [5, 5.41) is 0. The topological polar surface area (TPSA) is 40.6 Å². The molecule has 1 fully saturated rings. The van der Waals surface area contributed by atoms with Gasteiger partial charge in [-0.3, -0.25) is 9.59 Å². The number of rotatable bonds is 4. The zero-order chi connectivity index (χ0) is 16.8. The highest BCUT2D eigenvalue weighted by molar-refractivity contribution is 5.93. The number of likely N-dealkylation sites (tertiary alicyclic amines) is 1. The molecule has 2 amide bonds. The Hall–Kier alpha value is -1.84. The molecule has 1 aliphatic rings. The second-order valence-electron chi connectivity index (χ2n) is 6.43. The molecule has 1 aromatic rings. The van der Waals surface area contributed by atoms with Gasteiger partial charge in [0.2, 0.25) is 11.8 Å². The van der Waals surface area contributed by atoms with Crippen LogP contribution in [-0.2, 0) is 9.59 Å². The standard InChI is InChI=1S/C19H28N2O2/c1-15-9-8-10-18(16(15)2)21(17(3)22)14-11-19(23)20-12-6-4-5-7-13-20/h8-10H,4-7,11-14H2,1-3H3. The molecule has 1 aromatic carbocycles. The predicted octanol–water partition coefficient (Wildman–Crippen LogP) is 3.45. The van der Waals surface area contributed by atoms with E-state index in [-0.39, 0.29) is 11.8 Å². The van der Waals surface area contributed by atoms with Crippen LogP contribution in [0.1, 0.15) is 50.2 Å². The number of carbonyl (C=O) groups excluding carboxylic acids is 2. The molecule has 0 aliphatic carbocycles. The summed E-state index contributed by atoms with van der Waals surface area (Å²) in [6.07, 6.45) is 5.02. The minimum atomic E-state index is -0.0117. The predicted molar refractivity (Wildman–Crippen MR) is 93.6 cm³/mol. The highest BCUT2D eigenvalue weighted by Gasteiger charge is 2.19. The Kier molecular flexibility index (Phi) is 6.20. The summed E-state index contributed by atoms with van der Waals surface area (Å²) >= 11 is 0. The molecule has 0 atom stereocenters. The van der Waals surface area contributed by atoms with Crippen molar-refractivity contribution in [1.82, 2.24) is 4.90 Å². The van der Waals surface area contributed by atoms with Crippen LogP contribution in [0.4, 0.5) is 5.69 Å². The summed E-state index contributed by atoms with van der Waals surface area (Å²) in [5.41, 5.74) is 3.18. The zero-order valence-electron chi connectivity index (χ0n) is 14.6. The first-order valence-electron chi connectivity index (χ1n) is 8.63. The highest BCUT2D eigenvalue weighted by Crippen LogP contribution is 2.23. The largest absolute Gasteiger partial charge is 0.343 e. The number of hydrogen-bond donors (Lipinski definition) is 0. The molecule has 2 rings (SSSR count). The summed E-state index contributed by atoms with van der Waals surface area (Å²) in [4.78, 5) is 28.2. The monoisotopic (exact) mass is 316 g/mol. The van der Waals surface area contributed by atoms with Crippen LogP contribution in [0.3, 0.4) is 0 Å². The first kappa shape index (κ1) is 17.5. The molecule has 1 aliphatic heterocycles. The van der Waals surface area contributed by atoms with Gasteiger partial charge < -0.3 is 9.80 Å². The minimum Gasteiger partial charge on any atom is -0.343 e. The van der Waals surface area contributed by atoms with Crippen molar-refractivity contribution in [3.8, 4) is 0 Å². The molecule has 0 N–H and O–H groups in total. The van der Waals surface area contributed by atoms with Gasteiger partial charge in [0.15, 0.2) is 0 Å². The lowest BCUT2D eigenvalue weighted by Crippen LogP contribution is -2.37. The molecule has 126 valence electrons. The summed E-state index contributed by atoms with van der Waals surface area (Å²) in [6, 6.07) is 5.96. The molecule has 4 heteroatoms. The van der Waals surface area contributed by atoms with Crippen LogP contribution in [0.15, 0.2) is 18.2 Å². The van der Waals surface area contributed by atoms with Gasteiger partial charge in [0.1, 0.15) is 0 Å². The average Bonchev–Trinajstić information content (AvgIpc) is 2.80. The van der Waals surface area contributed by atoms with E-state index in [1.807, 2.05) is 36.9 Å². The van der Waals surface area contributed by atoms with Crippen LogP contribution in [0.25, 0.3) is 0 Å². The molecular weight excluding hydrogens is 288 g/mol. The van der Waals surface area contributed by atoms with Gasteiger partial charge in [0.05, 0.1) is 0 Å². The van der Waals surface area contributed by atoms with E-state index in [1.54, 1.807) is 11.8 Å². The van der Waals surface area contributed by atoms with E-state index in [2.05, 4.69) is 0 Å². The van der Waals surface area contributed by atoms with Crippen molar-refractivity contribution in [3.63, 3.8) is 0 Å². The third-order valence-electron chi connectivity index (χ3n) is 4.75. The van der Waals surface area contributed by atoms with E-state index < -0.39 is 0 Å². The van der Waals surface area contributed by atoms with Gasteiger partial charge in [-0.15, -0.1) is 0 Å². The number of benzene rings is 1. The number of anilines is 1. The van der Waals surface area contributed by atoms with E-state index in [0.717, 1.165) is 42.7 Å². The van der Waals surface area contributed by atoms with E-state index in [9.17, 15) is 9.59 Å². The molecule has 0 saturated carbocycles. The van der Waals surface area contributed by atoms with Gasteiger partial charge in [-0.2, -0.15) is 0 Å². The number of carbonyl (C=O) groups is 2. The van der Waals surface area contributed by atoms with Crippen LogP contribution < -0.4 is 4.90 Å². The zero-order valence-corrected chi connectivity index (χ0v) is 14.6. The van der Waals surface area contributed by atoms with Crippen LogP contribution in [0, 0.1) is 13.8 Å². The average molecular weight is 316 g/mol. The second kappa shape index (κ2) is 8.14. The first-order chi connectivity index (χ1) is 11.0. The van der Waals surface area contributed by atoms with Crippen LogP contribution in [0.5, 0.6) is 0 Å². The maximum Gasteiger partial charge on any atom is 0.224 e. The lowest BCUT2D eigenvalue weighted by atomic mass is 10.1. The van der Waals surface area contributed by atoms with Crippen molar-refractivity contribution in [2.45, 2.75) is 52.9 Å². The van der Waals surface area contributed by atoms with Crippen LogP contribution in [0.2, 0.25) is 0 Å². The van der Waals surface area contributed by atoms with E-state index in [1.165, 1.54) is 12.8 Å². The van der Waals surface area contributed by atoms with E-state index in [4.69, 9.17) is 0 Å². The van der Waals surface area contributed by atoms with Crippen LogP contribution >= 0.6 is 0 Å². The molecule has 0 aromatic heterocycles. The molecule has 1 heterocycles. The Labute approximate surface area is 139 Å². The molecule has 4 nitrogen and oxygen atoms in total. The Morgan fingerprint density at radius 2 is 1.74 bits per heavy atom. The SMILES string of the molecule is CC(=O)N(CCC(=O)N1CCCCCC1)c1cccc(C)c1C. The second-order valence-corrected chi connectivity index (χ2v) is 6.43. The number of aryl methyl sites for hydroxylation is 1. The van der Waals surface area contributed by atoms with Gasteiger partial charge in [-0.25, -0.2) is 0 Å². The van der Waals surface area contributed by atoms with Crippen molar-refractivity contribution in [3.05, 3.63) is 29.3 Å². The van der Waals surface area contributed by atoms with Crippen molar-refractivity contribution < 1.29 is 9.59 Å².